The molecule has 0 aromatic carbocycles. The van der Waals surface area contributed by atoms with E-state index in [2.05, 4.69) is 15.4 Å². The number of hydrogen-bond donors (Lipinski definition) is 3. The molecule has 3 aromatic rings. The van der Waals surface area contributed by atoms with Crippen LogP contribution in [-0.4, -0.2) is 55.2 Å². The van der Waals surface area contributed by atoms with Crippen molar-refractivity contribution in [2.24, 2.45) is 0 Å². The topological polar surface area (TPSA) is 124 Å². The smallest absolute Gasteiger partial charge is 0.151 e. The molecule has 29 heavy (non-hydrogen) atoms. The fourth-order valence-electron chi connectivity index (χ4n) is 4.00. The minimum atomic E-state index is -0.247. The number of nitrogens with one attached hydrogen (secondary N) is 1. The Morgan fingerprint density at radius 1 is 1.24 bits per heavy atom. The number of aryl methyl sites for hydroxylation is 1. The lowest BCUT2D eigenvalue weighted by Crippen LogP contribution is -2.30. The third kappa shape index (κ3) is 3.30. The highest BCUT2D eigenvalue weighted by molar-refractivity contribution is 5.96. The van der Waals surface area contributed by atoms with Crippen LogP contribution in [0.1, 0.15) is 37.9 Å². The minimum absolute atomic E-state index is 0.200. The molecular formula is C20H25N7O2. The molecule has 1 saturated heterocycles. The van der Waals surface area contributed by atoms with E-state index < -0.39 is 0 Å². The molecule has 2 aliphatic rings. The maximum atomic E-state index is 9.86. The van der Waals surface area contributed by atoms with Crippen LogP contribution in [0, 0.1) is 0 Å². The molecule has 1 aliphatic heterocycles. The van der Waals surface area contributed by atoms with E-state index in [-0.39, 0.29) is 18.2 Å². The molecule has 0 spiro atoms. The Labute approximate surface area is 168 Å². The van der Waals surface area contributed by atoms with Crippen LogP contribution in [0.3, 0.4) is 0 Å². The number of hydrogen-bond acceptors (Lipinski definition) is 8. The number of anilines is 2. The lowest BCUT2D eigenvalue weighted by Gasteiger charge is -2.25. The van der Waals surface area contributed by atoms with Crippen molar-refractivity contribution in [2.75, 3.05) is 24.3 Å². The fourth-order valence-corrected chi connectivity index (χ4v) is 4.00. The number of fused-ring (bicyclic) bond motifs is 1. The lowest BCUT2D eigenvalue weighted by atomic mass is 10.1. The van der Waals surface area contributed by atoms with Crippen LogP contribution in [0.15, 0.2) is 18.6 Å². The van der Waals surface area contributed by atoms with Gasteiger partial charge in [-0.15, -0.1) is 0 Å². The zero-order chi connectivity index (χ0) is 20.0. The zero-order valence-corrected chi connectivity index (χ0v) is 16.4. The average molecular weight is 395 g/mol. The van der Waals surface area contributed by atoms with Gasteiger partial charge in [0, 0.05) is 29.6 Å². The first kappa shape index (κ1) is 18.3. The Bertz CT molecular complexity index is 1050. The quantitative estimate of drug-likeness (QED) is 0.599. The van der Waals surface area contributed by atoms with Crippen LogP contribution in [0.25, 0.3) is 22.2 Å². The van der Waals surface area contributed by atoms with Gasteiger partial charge in [-0.3, -0.25) is 4.68 Å². The number of rotatable bonds is 5. The van der Waals surface area contributed by atoms with E-state index in [1.165, 1.54) is 0 Å². The van der Waals surface area contributed by atoms with E-state index >= 15 is 0 Å². The van der Waals surface area contributed by atoms with E-state index in [4.69, 9.17) is 20.4 Å². The number of nitrogen functional groups attached to an aromatic ring is 1. The second-order valence-electron chi connectivity index (χ2n) is 7.84. The van der Waals surface area contributed by atoms with Crippen molar-refractivity contribution < 1.29 is 9.84 Å². The van der Waals surface area contributed by atoms with Crippen LogP contribution in [0.5, 0.6) is 0 Å². The molecule has 2 atom stereocenters. The number of nitrogens with two attached hydrogens (primary N) is 1. The van der Waals surface area contributed by atoms with Gasteiger partial charge in [0.15, 0.2) is 5.82 Å². The summed E-state index contributed by atoms with van der Waals surface area (Å²) >= 11 is 0. The highest BCUT2D eigenvalue weighted by atomic mass is 16.5. The number of nitrogens with zero attached hydrogens (tertiary/aromatic N) is 5. The monoisotopic (exact) mass is 395 g/mol. The molecule has 4 N–H and O–H groups in total. The van der Waals surface area contributed by atoms with Crippen LogP contribution < -0.4 is 11.1 Å². The van der Waals surface area contributed by atoms with Gasteiger partial charge in [0.25, 0.3) is 0 Å². The van der Waals surface area contributed by atoms with Crippen LogP contribution >= 0.6 is 0 Å². The number of ether oxygens (including phenoxy) is 1. The summed E-state index contributed by atoms with van der Waals surface area (Å²) in [6, 6.07) is 0.478. The molecule has 9 heteroatoms. The average Bonchev–Trinajstić information content (AvgIpc) is 3.30. The minimum Gasteiger partial charge on any atom is -0.393 e. The van der Waals surface area contributed by atoms with Crippen molar-refractivity contribution in [3.05, 3.63) is 24.3 Å². The Morgan fingerprint density at radius 3 is 2.79 bits per heavy atom. The largest absolute Gasteiger partial charge is 0.393 e. The molecular weight excluding hydrogens is 370 g/mol. The van der Waals surface area contributed by atoms with Gasteiger partial charge < -0.3 is 20.9 Å². The molecule has 4 heterocycles. The SMILES string of the molecule is CCc1nc2c(N)ncc(-c3cnn(C4COC4)c3)c2nc1N[C@@H]1CC[C@H](O)C1. The molecule has 0 amide bonds. The predicted molar refractivity (Wildman–Crippen MR) is 109 cm³/mol. The summed E-state index contributed by atoms with van der Waals surface area (Å²) in [6.45, 7) is 3.41. The standard InChI is InChI=1S/C20H25N7O2/c1-2-16-20(24-12-3-4-14(28)5-12)26-17-15(7-22-19(21)18(17)25-16)11-6-23-27(8-11)13-9-29-10-13/h6-8,12-14,28H,2-5,9-10H2,1H3,(H2,21,22)(H,24,26)/t12-,14+/m1/s1. The second-order valence-corrected chi connectivity index (χ2v) is 7.84. The predicted octanol–water partition coefficient (Wildman–Crippen LogP) is 1.93. The van der Waals surface area contributed by atoms with Gasteiger partial charge in [0.2, 0.25) is 0 Å². The number of aromatic nitrogens is 5. The molecule has 0 bridgehead atoms. The number of aliphatic hydroxyl groups excluding tert-OH is 1. The van der Waals surface area contributed by atoms with Crippen molar-refractivity contribution >= 4 is 22.7 Å². The molecule has 0 unspecified atom stereocenters. The summed E-state index contributed by atoms with van der Waals surface area (Å²) in [5.41, 5.74) is 10.1. The van der Waals surface area contributed by atoms with Crippen molar-refractivity contribution in [3.63, 3.8) is 0 Å². The molecule has 2 fully saturated rings. The van der Waals surface area contributed by atoms with Gasteiger partial charge in [-0.2, -0.15) is 5.10 Å². The lowest BCUT2D eigenvalue weighted by molar-refractivity contribution is -0.0286. The number of aliphatic hydroxyl groups is 1. The highest BCUT2D eigenvalue weighted by Gasteiger charge is 2.25. The molecule has 152 valence electrons. The molecule has 3 aromatic heterocycles. The number of pyridine rings is 1. The van der Waals surface area contributed by atoms with Gasteiger partial charge in [0.05, 0.1) is 37.3 Å². The Hall–Kier alpha value is -2.78. The maximum Gasteiger partial charge on any atom is 0.151 e. The first-order valence-corrected chi connectivity index (χ1v) is 10.1. The van der Waals surface area contributed by atoms with Gasteiger partial charge in [-0.05, 0) is 25.7 Å². The van der Waals surface area contributed by atoms with E-state index in [9.17, 15) is 5.11 Å². The summed E-state index contributed by atoms with van der Waals surface area (Å²) < 4.78 is 7.19. The van der Waals surface area contributed by atoms with Gasteiger partial charge in [0.1, 0.15) is 16.9 Å². The maximum absolute atomic E-state index is 9.86. The first-order valence-electron chi connectivity index (χ1n) is 10.1. The Balaban J connectivity index is 1.58. The second kappa shape index (κ2) is 7.23. The summed E-state index contributed by atoms with van der Waals surface area (Å²) in [4.78, 5) is 14.1. The van der Waals surface area contributed by atoms with Crippen molar-refractivity contribution in [2.45, 2.75) is 50.8 Å². The van der Waals surface area contributed by atoms with Gasteiger partial charge in [-0.25, -0.2) is 15.0 Å². The van der Waals surface area contributed by atoms with Crippen molar-refractivity contribution in [1.82, 2.24) is 24.7 Å². The molecule has 0 radical (unpaired) electrons. The Kier molecular flexibility index (Phi) is 4.56. The van der Waals surface area contributed by atoms with Gasteiger partial charge >= 0.3 is 0 Å². The molecule has 9 nitrogen and oxygen atoms in total. The van der Waals surface area contributed by atoms with Gasteiger partial charge in [-0.1, -0.05) is 6.92 Å². The molecule has 5 rings (SSSR count). The van der Waals surface area contributed by atoms with Crippen molar-refractivity contribution in [1.29, 1.82) is 0 Å². The summed E-state index contributed by atoms with van der Waals surface area (Å²) in [5, 5.41) is 17.8. The van der Waals surface area contributed by atoms with E-state index in [1.54, 1.807) is 6.20 Å². The first-order chi connectivity index (χ1) is 14.1. The molecule has 1 saturated carbocycles. The van der Waals surface area contributed by atoms with E-state index in [0.29, 0.717) is 30.1 Å². The summed E-state index contributed by atoms with van der Waals surface area (Å²) in [7, 11) is 0. The highest BCUT2D eigenvalue weighted by Crippen LogP contribution is 2.32. The third-order valence-electron chi connectivity index (χ3n) is 5.79. The van der Waals surface area contributed by atoms with Crippen molar-refractivity contribution in [3.8, 4) is 11.1 Å². The van der Waals surface area contributed by atoms with Crippen LogP contribution in [0.4, 0.5) is 11.6 Å². The molecule has 1 aliphatic carbocycles. The third-order valence-corrected chi connectivity index (χ3v) is 5.79. The van der Waals surface area contributed by atoms with Crippen LogP contribution in [-0.2, 0) is 11.2 Å². The Morgan fingerprint density at radius 2 is 2.10 bits per heavy atom. The summed E-state index contributed by atoms with van der Waals surface area (Å²) in [5.74, 6) is 1.12. The van der Waals surface area contributed by atoms with E-state index in [1.807, 2.05) is 24.0 Å². The fraction of sp³-hybridized carbons (Fsp3) is 0.500. The van der Waals surface area contributed by atoms with Crippen LogP contribution in [0.2, 0.25) is 0 Å². The summed E-state index contributed by atoms with van der Waals surface area (Å²) in [6.07, 6.45) is 8.49. The normalized spacial score (nSPS) is 22.1. The zero-order valence-electron chi connectivity index (χ0n) is 16.4. The van der Waals surface area contributed by atoms with E-state index in [0.717, 1.165) is 48.3 Å².